The number of aromatic nitrogens is 2. The molecule has 0 aliphatic carbocycles. The number of amides is 1. The second-order valence-electron chi connectivity index (χ2n) is 6.49. The minimum Gasteiger partial charge on any atom is -0.444 e. The summed E-state index contributed by atoms with van der Waals surface area (Å²) in [4.78, 5) is 15.0. The van der Waals surface area contributed by atoms with Gasteiger partial charge >= 0.3 is 12.3 Å². The zero-order chi connectivity index (χ0) is 18.8. The fourth-order valence-electron chi connectivity index (χ4n) is 2.21. The van der Waals surface area contributed by atoms with Gasteiger partial charge in [0.05, 0.1) is 12.2 Å². The summed E-state index contributed by atoms with van der Waals surface area (Å²) < 4.78 is 44.8. The van der Waals surface area contributed by atoms with Gasteiger partial charge in [-0.25, -0.2) is 4.79 Å². The standard InChI is InChI=1S/C16H19F3N4O2/c1-5-6-12-11(16(17,18)19)9-13(21-20-12)22-7-8-23(10-22)14(24)25-15(2,3)4/h9H,7-8,10H2,1-4H3. The first-order chi connectivity index (χ1) is 11.5. The van der Waals surface area contributed by atoms with Crippen molar-refractivity contribution >= 4 is 11.9 Å². The molecule has 0 N–H and O–H groups in total. The Hall–Kier alpha value is -2.50. The van der Waals surface area contributed by atoms with Gasteiger partial charge in [0.1, 0.15) is 11.3 Å². The van der Waals surface area contributed by atoms with Gasteiger partial charge in [-0.05, 0) is 39.7 Å². The molecule has 1 saturated heterocycles. The highest BCUT2D eigenvalue weighted by Gasteiger charge is 2.36. The Morgan fingerprint density at radius 1 is 1.24 bits per heavy atom. The number of alkyl halides is 3. The largest absolute Gasteiger partial charge is 0.444 e. The molecule has 1 fully saturated rings. The predicted octanol–water partition coefficient (Wildman–Crippen LogP) is 2.88. The molecule has 1 aromatic heterocycles. The highest BCUT2D eigenvalue weighted by atomic mass is 19.4. The van der Waals surface area contributed by atoms with E-state index in [-0.39, 0.29) is 12.5 Å². The summed E-state index contributed by atoms with van der Waals surface area (Å²) in [7, 11) is 0. The van der Waals surface area contributed by atoms with E-state index < -0.39 is 29.1 Å². The summed E-state index contributed by atoms with van der Waals surface area (Å²) in [5.41, 5.74) is -2.00. The Kier molecular flexibility index (Phi) is 5.11. The fourth-order valence-corrected chi connectivity index (χ4v) is 2.21. The second kappa shape index (κ2) is 6.78. The van der Waals surface area contributed by atoms with Gasteiger partial charge in [0, 0.05) is 13.1 Å². The molecular formula is C16H19F3N4O2. The van der Waals surface area contributed by atoms with Crippen LogP contribution in [0, 0.1) is 11.8 Å². The van der Waals surface area contributed by atoms with E-state index in [1.54, 1.807) is 20.8 Å². The Bertz CT molecular complexity index is 717. The maximum atomic E-state index is 13.2. The molecule has 25 heavy (non-hydrogen) atoms. The number of hydrogen-bond acceptors (Lipinski definition) is 5. The van der Waals surface area contributed by atoms with Crippen LogP contribution < -0.4 is 4.90 Å². The maximum absolute atomic E-state index is 13.2. The lowest BCUT2D eigenvalue weighted by Gasteiger charge is -2.24. The monoisotopic (exact) mass is 356 g/mol. The van der Waals surface area contributed by atoms with Crippen LogP contribution in [0.3, 0.4) is 0 Å². The molecular weight excluding hydrogens is 337 g/mol. The summed E-state index contributed by atoms with van der Waals surface area (Å²) in [5, 5.41) is 7.41. The summed E-state index contributed by atoms with van der Waals surface area (Å²) in [6, 6.07) is 0.908. The van der Waals surface area contributed by atoms with Gasteiger partial charge in [-0.2, -0.15) is 13.2 Å². The molecule has 0 bridgehead atoms. The maximum Gasteiger partial charge on any atom is 0.419 e. The van der Waals surface area contributed by atoms with E-state index in [2.05, 4.69) is 22.0 Å². The number of halogens is 3. The molecule has 1 aliphatic heterocycles. The van der Waals surface area contributed by atoms with Gasteiger partial charge in [0.15, 0.2) is 5.82 Å². The van der Waals surface area contributed by atoms with Crippen LogP contribution in [0.15, 0.2) is 6.07 Å². The average Bonchev–Trinajstić information content (AvgIpc) is 2.95. The third-order valence-electron chi connectivity index (χ3n) is 3.29. The van der Waals surface area contributed by atoms with E-state index in [1.807, 2.05) is 0 Å². The van der Waals surface area contributed by atoms with Crippen LogP contribution in [0.1, 0.15) is 39.0 Å². The van der Waals surface area contributed by atoms with E-state index in [0.29, 0.717) is 13.1 Å². The summed E-state index contributed by atoms with van der Waals surface area (Å²) in [5.74, 6) is 4.74. The van der Waals surface area contributed by atoms with Gasteiger partial charge < -0.3 is 9.64 Å². The van der Waals surface area contributed by atoms with Crippen molar-refractivity contribution in [3.8, 4) is 11.8 Å². The smallest absolute Gasteiger partial charge is 0.419 e. The van der Waals surface area contributed by atoms with Crippen molar-refractivity contribution in [2.45, 2.75) is 39.5 Å². The molecule has 136 valence electrons. The number of anilines is 1. The molecule has 1 aliphatic rings. The van der Waals surface area contributed by atoms with Crippen molar-refractivity contribution in [3.63, 3.8) is 0 Å². The Balaban J connectivity index is 2.20. The summed E-state index contributed by atoms with van der Waals surface area (Å²) >= 11 is 0. The number of ether oxygens (including phenoxy) is 1. The normalized spacial score (nSPS) is 15.0. The van der Waals surface area contributed by atoms with E-state index in [1.165, 1.54) is 16.7 Å². The van der Waals surface area contributed by atoms with Crippen molar-refractivity contribution in [1.29, 1.82) is 0 Å². The van der Waals surface area contributed by atoms with Crippen LogP contribution in [0.25, 0.3) is 0 Å². The van der Waals surface area contributed by atoms with Gasteiger partial charge in [0.2, 0.25) is 0 Å². The molecule has 1 aromatic rings. The molecule has 0 atom stereocenters. The molecule has 1 amide bonds. The van der Waals surface area contributed by atoms with Crippen LogP contribution >= 0.6 is 0 Å². The van der Waals surface area contributed by atoms with Crippen molar-refractivity contribution in [1.82, 2.24) is 15.1 Å². The van der Waals surface area contributed by atoms with E-state index in [9.17, 15) is 18.0 Å². The molecule has 6 nitrogen and oxygen atoms in total. The lowest BCUT2D eigenvalue weighted by molar-refractivity contribution is -0.138. The Labute approximate surface area is 144 Å². The quantitative estimate of drug-likeness (QED) is 0.724. The topological polar surface area (TPSA) is 58.6 Å². The average molecular weight is 356 g/mol. The van der Waals surface area contributed by atoms with Crippen LogP contribution in [-0.2, 0) is 10.9 Å². The first-order valence-corrected chi connectivity index (χ1v) is 7.62. The van der Waals surface area contributed by atoms with Crippen LogP contribution in [0.4, 0.5) is 23.8 Å². The zero-order valence-electron chi connectivity index (χ0n) is 14.4. The molecule has 0 saturated carbocycles. The number of nitrogens with zero attached hydrogens (tertiary/aromatic N) is 4. The van der Waals surface area contributed by atoms with Gasteiger partial charge in [-0.15, -0.1) is 10.2 Å². The van der Waals surface area contributed by atoms with Crippen LogP contribution in [0.5, 0.6) is 0 Å². The van der Waals surface area contributed by atoms with Gasteiger partial charge in [0.25, 0.3) is 0 Å². The van der Waals surface area contributed by atoms with Crippen molar-refractivity contribution in [2.24, 2.45) is 0 Å². The van der Waals surface area contributed by atoms with Crippen molar-refractivity contribution < 1.29 is 22.7 Å². The fraction of sp³-hybridized carbons (Fsp3) is 0.562. The minimum atomic E-state index is -4.59. The molecule has 2 rings (SSSR count). The first kappa shape index (κ1) is 18.8. The third-order valence-corrected chi connectivity index (χ3v) is 3.29. The highest BCUT2D eigenvalue weighted by molar-refractivity contribution is 5.69. The number of rotatable bonds is 1. The number of carbonyl (C=O) groups is 1. The highest BCUT2D eigenvalue weighted by Crippen LogP contribution is 2.33. The third kappa shape index (κ3) is 4.75. The molecule has 2 heterocycles. The van der Waals surface area contributed by atoms with Gasteiger partial charge in [-0.3, -0.25) is 4.90 Å². The van der Waals surface area contributed by atoms with E-state index >= 15 is 0 Å². The predicted molar refractivity (Wildman–Crippen MR) is 84.7 cm³/mol. The lowest BCUT2D eigenvalue weighted by atomic mass is 10.2. The Morgan fingerprint density at radius 2 is 1.92 bits per heavy atom. The van der Waals surface area contributed by atoms with E-state index in [4.69, 9.17) is 4.74 Å². The SMILES string of the molecule is CC#Cc1nnc(N2CCN(C(=O)OC(C)(C)C)C2)cc1C(F)(F)F. The Morgan fingerprint density at radius 3 is 2.48 bits per heavy atom. The zero-order valence-corrected chi connectivity index (χ0v) is 14.4. The molecule has 0 spiro atoms. The summed E-state index contributed by atoms with van der Waals surface area (Å²) in [6.45, 7) is 7.40. The lowest BCUT2D eigenvalue weighted by Crippen LogP contribution is -2.36. The molecule has 0 unspecified atom stereocenters. The minimum absolute atomic E-state index is 0.0417. The molecule has 9 heteroatoms. The molecule has 0 radical (unpaired) electrons. The second-order valence-corrected chi connectivity index (χ2v) is 6.49. The van der Waals surface area contributed by atoms with Crippen LogP contribution in [-0.4, -0.2) is 46.5 Å². The summed E-state index contributed by atoms with van der Waals surface area (Å²) in [6.07, 6.45) is -5.11. The molecule has 0 aromatic carbocycles. The van der Waals surface area contributed by atoms with Crippen LogP contribution in [0.2, 0.25) is 0 Å². The van der Waals surface area contributed by atoms with Crippen molar-refractivity contribution in [3.05, 3.63) is 17.3 Å². The number of hydrogen-bond donors (Lipinski definition) is 0. The number of carbonyl (C=O) groups excluding carboxylic acids is 1. The van der Waals surface area contributed by atoms with Crippen molar-refractivity contribution in [2.75, 3.05) is 24.7 Å². The van der Waals surface area contributed by atoms with Gasteiger partial charge in [-0.1, -0.05) is 5.92 Å². The van der Waals surface area contributed by atoms with E-state index in [0.717, 1.165) is 6.07 Å². The first-order valence-electron chi connectivity index (χ1n) is 7.62.